The maximum absolute atomic E-state index is 13.8. The average Bonchev–Trinajstić information content (AvgIpc) is 2.67. The topological polar surface area (TPSA) is 42.0 Å². The van der Waals surface area contributed by atoms with E-state index in [0.29, 0.717) is 9.60 Å². The summed E-state index contributed by atoms with van der Waals surface area (Å²) in [5.74, 6) is -0.996. The van der Waals surface area contributed by atoms with Gasteiger partial charge in [0.05, 0.1) is 11.3 Å². The second-order valence-electron chi connectivity index (χ2n) is 5.03. The molecule has 0 aliphatic heterocycles. The molecule has 1 aliphatic rings. The van der Waals surface area contributed by atoms with Gasteiger partial charge in [0.15, 0.2) is 5.13 Å². The molecular formula is C15H14BrFN2OS. The second kappa shape index (κ2) is 6.23. The van der Waals surface area contributed by atoms with Gasteiger partial charge in [0, 0.05) is 9.35 Å². The molecule has 1 aromatic heterocycles. The van der Waals surface area contributed by atoms with Crippen LogP contribution in [-0.2, 0) is 12.8 Å². The minimum absolute atomic E-state index is 0.0311. The van der Waals surface area contributed by atoms with Crippen molar-refractivity contribution in [2.24, 2.45) is 0 Å². The molecule has 0 unspecified atom stereocenters. The summed E-state index contributed by atoms with van der Waals surface area (Å²) in [4.78, 5) is 17.9. The lowest BCUT2D eigenvalue weighted by Gasteiger charge is -2.03. The van der Waals surface area contributed by atoms with Crippen LogP contribution < -0.4 is 5.32 Å². The lowest BCUT2D eigenvalue weighted by atomic mass is 10.2. The Morgan fingerprint density at radius 2 is 2.10 bits per heavy atom. The number of rotatable bonds is 2. The van der Waals surface area contributed by atoms with Gasteiger partial charge in [-0.05, 0) is 43.9 Å². The molecule has 0 fully saturated rings. The molecule has 0 saturated carbocycles. The van der Waals surface area contributed by atoms with E-state index >= 15 is 0 Å². The summed E-state index contributed by atoms with van der Waals surface area (Å²) in [5, 5.41) is 3.27. The van der Waals surface area contributed by atoms with Gasteiger partial charge in [-0.25, -0.2) is 9.37 Å². The normalized spacial score (nSPS) is 14.4. The van der Waals surface area contributed by atoms with Crippen molar-refractivity contribution in [3.05, 3.63) is 44.6 Å². The summed E-state index contributed by atoms with van der Waals surface area (Å²) in [7, 11) is 0. The van der Waals surface area contributed by atoms with E-state index in [1.54, 1.807) is 6.07 Å². The highest BCUT2D eigenvalue weighted by Gasteiger charge is 2.17. The van der Waals surface area contributed by atoms with Crippen LogP contribution in [0.15, 0.2) is 22.7 Å². The molecule has 21 heavy (non-hydrogen) atoms. The smallest absolute Gasteiger partial charge is 0.260 e. The first-order chi connectivity index (χ1) is 10.1. The number of aromatic nitrogens is 1. The van der Waals surface area contributed by atoms with Crippen LogP contribution in [0.5, 0.6) is 0 Å². The Balaban J connectivity index is 1.78. The monoisotopic (exact) mass is 368 g/mol. The molecule has 0 spiro atoms. The highest BCUT2D eigenvalue weighted by molar-refractivity contribution is 9.10. The number of thiazole rings is 1. The summed E-state index contributed by atoms with van der Waals surface area (Å²) >= 11 is 4.68. The number of hydrogen-bond acceptors (Lipinski definition) is 3. The number of fused-ring (bicyclic) bond motifs is 1. The van der Waals surface area contributed by atoms with Crippen molar-refractivity contribution in [1.82, 2.24) is 4.98 Å². The fourth-order valence-electron chi connectivity index (χ4n) is 2.42. The molecule has 1 amide bonds. The number of benzene rings is 1. The van der Waals surface area contributed by atoms with E-state index in [2.05, 4.69) is 26.2 Å². The van der Waals surface area contributed by atoms with Gasteiger partial charge >= 0.3 is 0 Å². The fourth-order valence-corrected chi connectivity index (χ4v) is 3.80. The zero-order valence-corrected chi connectivity index (χ0v) is 13.7. The average molecular weight is 369 g/mol. The van der Waals surface area contributed by atoms with Crippen LogP contribution >= 0.6 is 27.3 Å². The van der Waals surface area contributed by atoms with Crippen LogP contribution in [0, 0.1) is 5.82 Å². The van der Waals surface area contributed by atoms with E-state index in [-0.39, 0.29) is 5.56 Å². The van der Waals surface area contributed by atoms with Crippen LogP contribution in [0.3, 0.4) is 0 Å². The highest BCUT2D eigenvalue weighted by Crippen LogP contribution is 2.29. The number of nitrogens with one attached hydrogen (secondary N) is 1. The zero-order valence-electron chi connectivity index (χ0n) is 11.3. The molecule has 0 radical (unpaired) electrons. The predicted octanol–water partition coefficient (Wildman–Crippen LogP) is 4.57. The molecule has 1 heterocycles. The van der Waals surface area contributed by atoms with Crippen LogP contribution in [0.2, 0.25) is 0 Å². The number of carbonyl (C=O) groups is 1. The lowest BCUT2D eigenvalue weighted by molar-refractivity contribution is 0.102. The van der Waals surface area contributed by atoms with Crippen molar-refractivity contribution in [3.63, 3.8) is 0 Å². The van der Waals surface area contributed by atoms with Gasteiger partial charge in [0.25, 0.3) is 5.91 Å². The molecule has 110 valence electrons. The first kappa shape index (κ1) is 14.7. The molecule has 1 N–H and O–H groups in total. The number of hydrogen-bond donors (Lipinski definition) is 1. The molecule has 0 atom stereocenters. The van der Waals surface area contributed by atoms with Crippen molar-refractivity contribution in [2.75, 3.05) is 5.32 Å². The summed E-state index contributed by atoms with van der Waals surface area (Å²) in [5.41, 5.74) is 1.12. The Bertz CT molecular complexity index is 663. The molecule has 0 bridgehead atoms. The van der Waals surface area contributed by atoms with Gasteiger partial charge < -0.3 is 0 Å². The minimum atomic E-state index is -0.542. The Hall–Kier alpha value is -1.27. The maximum Gasteiger partial charge on any atom is 0.260 e. The van der Waals surface area contributed by atoms with Crippen molar-refractivity contribution >= 4 is 38.3 Å². The summed E-state index contributed by atoms with van der Waals surface area (Å²) in [6, 6.07) is 4.40. The van der Waals surface area contributed by atoms with E-state index in [0.717, 1.165) is 25.0 Å². The zero-order chi connectivity index (χ0) is 14.8. The molecule has 6 heteroatoms. The Morgan fingerprint density at radius 3 is 2.90 bits per heavy atom. The summed E-state index contributed by atoms with van der Waals surface area (Å²) < 4.78 is 14.4. The summed E-state index contributed by atoms with van der Waals surface area (Å²) in [6.07, 6.45) is 5.54. The third-order valence-corrected chi connectivity index (χ3v) is 5.06. The van der Waals surface area contributed by atoms with E-state index in [4.69, 9.17) is 0 Å². The molecule has 1 aliphatic carbocycles. The molecule has 2 aromatic rings. The Morgan fingerprint density at radius 1 is 1.29 bits per heavy atom. The first-order valence-electron chi connectivity index (χ1n) is 6.88. The summed E-state index contributed by atoms with van der Waals surface area (Å²) in [6.45, 7) is 0. The van der Waals surface area contributed by atoms with Crippen LogP contribution in [0.4, 0.5) is 9.52 Å². The van der Waals surface area contributed by atoms with Crippen LogP contribution in [0.25, 0.3) is 0 Å². The number of anilines is 1. The Labute approximate surface area is 134 Å². The number of amides is 1. The molecule has 1 aromatic carbocycles. The lowest BCUT2D eigenvalue weighted by Crippen LogP contribution is -2.13. The van der Waals surface area contributed by atoms with E-state index in [1.807, 2.05) is 0 Å². The van der Waals surface area contributed by atoms with Crippen molar-refractivity contribution < 1.29 is 9.18 Å². The fraction of sp³-hybridized carbons (Fsp3) is 0.333. The quantitative estimate of drug-likeness (QED) is 0.789. The standard InChI is InChI=1S/C15H14BrFN2OS/c16-9-6-7-10(11(17)8-9)14(20)19-15-18-12-4-2-1-3-5-13(12)21-15/h6-8H,1-5H2,(H,18,19,20). The highest BCUT2D eigenvalue weighted by atomic mass is 79.9. The van der Waals surface area contributed by atoms with Crippen molar-refractivity contribution in [2.45, 2.75) is 32.1 Å². The first-order valence-corrected chi connectivity index (χ1v) is 8.49. The number of nitrogens with zero attached hydrogens (tertiary/aromatic N) is 1. The minimum Gasteiger partial charge on any atom is -0.298 e. The van der Waals surface area contributed by atoms with Gasteiger partial charge in [-0.15, -0.1) is 11.3 Å². The van der Waals surface area contributed by atoms with Gasteiger partial charge in [-0.2, -0.15) is 0 Å². The van der Waals surface area contributed by atoms with Gasteiger partial charge in [0.1, 0.15) is 5.82 Å². The number of aryl methyl sites for hydroxylation is 2. The second-order valence-corrected chi connectivity index (χ2v) is 7.03. The predicted molar refractivity (Wildman–Crippen MR) is 85.4 cm³/mol. The van der Waals surface area contributed by atoms with E-state index in [1.165, 1.54) is 41.2 Å². The Kier molecular flexibility index (Phi) is 4.35. The number of carbonyl (C=O) groups excluding carboxylic acids is 1. The van der Waals surface area contributed by atoms with Crippen molar-refractivity contribution in [1.29, 1.82) is 0 Å². The van der Waals surface area contributed by atoms with E-state index < -0.39 is 11.7 Å². The van der Waals surface area contributed by atoms with Gasteiger partial charge in [-0.3, -0.25) is 10.1 Å². The third-order valence-electron chi connectivity index (χ3n) is 3.49. The molecule has 3 rings (SSSR count). The largest absolute Gasteiger partial charge is 0.298 e. The van der Waals surface area contributed by atoms with E-state index in [9.17, 15) is 9.18 Å². The number of halogens is 2. The molecule has 3 nitrogen and oxygen atoms in total. The third kappa shape index (κ3) is 3.32. The van der Waals surface area contributed by atoms with Gasteiger partial charge in [0.2, 0.25) is 0 Å². The maximum atomic E-state index is 13.8. The van der Waals surface area contributed by atoms with Crippen molar-refractivity contribution in [3.8, 4) is 0 Å². The van der Waals surface area contributed by atoms with Gasteiger partial charge in [-0.1, -0.05) is 22.4 Å². The molecule has 0 saturated heterocycles. The van der Waals surface area contributed by atoms with Crippen LogP contribution in [0.1, 0.15) is 40.2 Å². The SMILES string of the molecule is O=C(Nc1nc2c(s1)CCCCC2)c1ccc(Br)cc1F. The molecular weight excluding hydrogens is 355 g/mol. The van der Waals surface area contributed by atoms with Crippen LogP contribution in [-0.4, -0.2) is 10.9 Å².